The first-order chi connectivity index (χ1) is 12.0. The van der Waals surface area contributed by atoms with Crippen molar-refractivity contribution in [3.05, 3.63) is 0 Å². The van der Waals surface area contributed by atoms with Crippen LogP contribution in [0.25, 0.3) is 0 Å². The largest absolute Gasteiger partial charge is 0.355 e. The minimum atomic E-state index is -3.06. The Labute approximate surface area is 153 Å². The van der Waals surface area contributed by atoms with Gasteiger partial charge in [0.25, 0.3) is 0 Å². The summed E-state index contributed by atoms with van der Waals surface area (Å²) in [6.45, 7) is 4.77. The summed E-state index contributed by atoms with van der Waals surface area (Å²) in [5.74, 6) is 1.000. The monoisotopic (exact) mass is 373 g/mol. The Hall–Kier alpha value is -0.860. The van der Waals surface area contributed by atoms with E-state index in [0.717, 1.165) is 37.9 Å². The zero-order chi connectivity index (χ0) is 18.3. The third-order valence-electron chi connectivity index (χ3n) is 5.48. The van der Waals surface area contributed by atoms with Gasteiger partial charge in [-0.2, -0.15) is 0 Å². The molecule has 1 aliphatic carbocycles. The predicted octanol–water partition coefficient (Wildman–Crippen LogP) is 0.840. The zero-order valence-electron chi connectivity index (χ0n) is 16.0. The van der Waals surface area contributed by atoms with Crippen molar-refractivity contribution in [2.45, 2.75) is 57.5 Å². The molecule has 2 aliphatic rings. The van der Waals surface area contributed by atoms with E-state index >= 15 is 0 Å². The van der Waals surface area contributed by atoms with Gasteiger partial charge in [0.15, 0.2) is 5.96 Å². The zero-order valence-corrected chi connectivity index (χ0v) is 16.8. The summed E-state index contributed by atoms with van der Waals surface area (Å²) in [4.78, 5) is 6.75. The number of sulfonamides is 1. The summed E-state index contributed by atoms with van der Waals surface area (Å²) in [7, 11) is 0.934. The molecular weight excluding hydrogens is 338 g/mol. The van der Waals surface area contributed by atoms with Crippen LogP contribution in [-0.2, 0) is 10.0 Å². The lowest BCUT2D eigenvalue weighted by Gasteiger charge is -2.32. The first-order valence-electron chi connectivity index (χ1n) is 9.61. The molecule has 7 nitrogen and oxygen atoms in total. The summed E-state index contributed by atoms with van der Waals surface area (Å²) < 4.78 is 25.4. The van der Waals surface area contributed by atoms with Crippen LogP contribution in [-0.4, -0.2) is 81.7 Å². The molecule has 2 rings (SSSR count). The Balaban J connectivity index is 1.68. The van der Waals surface area contributed by atoms with Crippen LogP contribution in [0, 0.1) is 0 Å². The first-order valence-corrected chi connectivity index (χ1v) is 11.2. The molecule has 0 unspecified atom stereocenters. The second-order valence-electron chi connectivity index (χ2n) is 7.14. The molecule has 0 atom stereocenters. The van der Waals surface area contributed by atoms with Crippen molar-refractivity contribution in [1.29, 1.82) is 0 Å². The highest BCUT2D eigenvalue weighted by atomic mass is 32.2. The van der Waals surface area contributed by atoms with Gasteiger partial charge < -0.3 is 15.5 Å². The van der Waals surface area contributed by atoms with Crippen LogP contribution in [0.5, 0.6) is 0 Å². The third-order valence-corrected chi connectivity index (χ3v) is 7.36. The van der Waals surface area contributed by atoms with Crippen LogP contribution in [0.2, 0.25) is 0 Å². The maximum absolute atomic E-state index is 11.9. The molecule has 0 aromatic heterocycles. The van der Waals surface area contributed by atoms with Crippen LogP contribution in [0.15, 0.2) is 4.99 Å². The third kappa shape index (κ3) is 6.11. The highest BCUT2D eigenvalue weighted by Gasteiger charge is 2.27. The molecule has 0 aromatic rings. The molecule has 0 bridgehead atoms. The lowest BCUT2D eigenvalue weighted by Crippen LogP contribution is -2.50. The summed E-state index contributed by atoms with van der Waals surface area (Å²) in [5.41, 5.74) is 0. The maximum atomic E-state index is 11.9. The van der Waals surface area contributed by atoms with Crippen LogP contribution >= 0.6 is 0 Å². The molecular formula is C17H35N5O2S. The average molecular weight is 374 g/mol. The molecule has 2 N–H and O–H groups in total. The second kappa shape index (κ2) is 9.73. The fourth-order valence-corrected chi connectivity index (χ4v) is 4.86. The number of rotatable bonds is 7. The van der Waals surface area contributed by atoms with Gasteiger partial charge in [0.1, 0.15) is 0 Å². The lowest BCUT2D eigenvalue weighted by molar-refractivity contribution is 0.249. The number of guanidine groups is 1. The lowest BCUT2D eigenvalue weighted by atomic mass is 10.1. The molecule has 1 saturated carbocycles. The number of nitrogens with one attached hydrogen (secondary N) is 2. The molecule has 0 radical (unpaired) electrons. The van der Waals surface area contributed by atoms with Gasteiger partial charge in [-0.15, -0.1) is 0 Å². The Bertz CT molecular complexity index is 523. The SMILES string of the molecule is CCS(=O)(=O)N1CCC(NC(=NC)NCCN(C)C2CCCC2)CC1. The molecule has 8 heteroatoms. The molecule has 1 saturated heterocycles. The van der Waals surface area contributed by atoms with Crippen molar-refractivity contribution >= 4 is 16.0 Å². The second-order valence-corrected chi connectivity index (χ2v) is 9.39. The molecule has 146 valence electrons. The summed E-state index contributed by atoms with van der Waals surface area (Å²) in [6.07, 6.45) is 7.01. The summed E-state index contributed by atoms with van der Waals surface area (Å²) >= 11 is 0. The molecule has 0 amide bonds. The molecule has 25 heavy (non-hydrogen) atoms. The number of hydrogen-bond donors (Lipinski definition) is 2. The van der Waals surface area contributed by atoms with Crippen LogP contribution < -0.4 is 10.6 Å². The van der Waals surface area contributed by atoms with E-state index in [1.807, 2.05) is 0 Å². The Morgan fingerprint density at radius 3 is 2.40 bits per heavy atom. The van der Waals surface area contributed by atoms with Gasteiger partial charge in [0, 0.05) is 45.3 Å². The predicted molar refractivity (Wildman–Crippen MR) is 103 cm³/mol. The maximum Gasteiger partial charge on any atom is 0.213 e. The number of nitrogens with zero attached hydrogens (tertiary/aromatic N) is 3. The van der Waals surface area contributed by atoms with Crippen LogP contribution in [0.4, 0.5) is 0 Å². The summed E-state index contributed by atoms with van der Waals surface area (Å²) in [6, 6.07) is 1.02. The summed E-state index contributed by atoms with van der Waals surface area (Å²) in [5, 5.41) is 6.83. The minimum absolute atomic E-state index is 0.183. The smallest absolute Gasteiger partial charge is 0.213 e. The van der Waals surface area contributed by atoms with E-state index in [1.54, 1.807) is 18.3 Å². The van der Waals surface area contributed by atoms with Crippen LogP contribution in [0.3, 0.4) is 0 Å². The van der Waals surface area contributed by atoms with E-state index in [9.17, 15) is 8.42 Å². The van der Waals surface area contributed by atoms with Crippen molar-refractivity contribution in [2.75, 3.05) is 46.0 Å². The van der Waals surface area contributed by atoms with Gasteiger partial charge in [-0.3, -0.25) is 4.99 Å². The number of aliphatic imine (C=N–C) groups is 1. The standard InChI is InChI=1S/C17H35N5O2S/c1-4-25(23,24)22-12-9-15(10-13-22)20-17(18-2)19-11-14-21(3)16-7-5-6-8-16/h15-16H,4-14H2,1-3H3,(H2,18,19,20). The number of hydrogen-bond acceptors (Lipinski definition) is 4. The molecule has 0 aromatic carbocycles. The van der Waals surface area contributed by atoms with Crippen molar-refractivity contribution < 1.29 is 8.42 Å². The molecule has 1 aliphatic heterocycles. The fraction of sp³-hybridized carbons (Fsp3) is 0.941. The van der Waals surface area contributed by atoms with E-state index in [2.05, 4.69) is 27.6 Å². The molecule has 1 heterocycles. The Kier molecular flexibility index (Phi) is 7.96. The normalized spacial score (nSPS) is 21.8. The molecule has 2 fully saturated rings. The number of piperidine rings is 1. The Morgan fingerprint density at radius 1 is 1.20 bits per heavy atom. The van der Waals surface area contributed by atoms with Crippen molar-refractivity contribution in [2.24, 2.45) is 4.99 Å². The molecule has 0 spiro atoms. The van der Waals surface area contributed by atoms with Gasteiger partial charge in [-0.1, -0.05) is 12.8 Å². The minimum Gasteiger partial charge on any atom is -0.355 e. The van der Waals surface area contributed by atoms with E-state index in [4.69, 9.17) is 0 Å². The highest BCUT2D eigenvalue weighted by Crippen LogP contribution is 2.21. The average Bonchev–Trinajstić information content (AvgIpc) is 3.16. The highest BCUT2D eigenvalue weighted by molar-refractivity contribution is 7.89. The fourth-order valence-electron chi connectivity index (χ4n) is 3.73. The van der Waals surface area contributed by atoms with Gasteiger partial charge in [0.2, 0.25) is 10.0 Å². The quantitative estimate of drug-likeness (QED) is 0.511. The van der Waals surface area contributed by atoms with Gasteiger partial charge in [-0.05, 0) is 39.7 Å². The van der Waals surface area contributed by atoms with E-state index in [0.29, 0.717) is 13.1 Å². The Morgan fingerprint density at radius 2 is 1.84 bits per heavy atom. The topological polar surface area (TPSA) is 77.0 Å². The van der Waals surface area contributed by atoms with Gasteiger partial charge >= 0.3 is 0 Å². The van der Waals surface area contributed by atoms with Crippen molar-refractivity contribution in [1.82, 2.24) is 19.8 Å². The van der Waals surface area contributed by atoms with Gasteiger partial charge in [0.05, 0.1) is 5.75 Å². The van der Waals surface area contributed by atoms with Gasteiger partial charge in [-0.25, -0.2) is 12.7 Å². The van der Waals surface area contributed by atoms with Crippen LogP contribution in [0.1, 0.15) is 45.4 Å². The van der Waals surface area contributed by atoms with E-state index < -0.39 is 10.0 Å². The number of likely N-dealkylation sites (N-methyl/N-ethyl adjacent to an activating group) is 1. The van der Waals surface area contributed by atoms with Crippen molar-refractivity contribution in [3.8, 4) is 0 Å². The van der Waals surface area contributed by atoms with Crippen molar-refractivity contribution in [3.63, 3.8) is 0 Å². The first kappa shape index (κ1) is 20.5. The van der Waals surface area contributed by atoms with E-state index in [-0.39, 0.29) is 11.8 Å². The van der Waals surface area contributed by atoms with E-state index in [1.165, 1.54) is 25.7 Å².